The SMILES string of the molecule is CCCCCCCCCCCCCCCCCCCCCCCC(=O)O[C@H](COC(=O)CCCCCCCCCCCCCCCCCCCCCC)COP(=O)(O)OC[C@@H](O)COP(=O)(O)OC[C@@H](COC(=O)CCCCCCCCCCCCC)OC(=O)CCCCCCCCCCCCCCCCCCC. The molecule has 0 rings (SSSR count). The van der Waals surface area contributed by atoms with Crippen LogP contribution in [-0.2, 0) is 65.4 Å². The van der Waals surface area contributed by atoms with Gasteiger partial charge >= 0.3 is 39.5 Å². The van der Waals surface area contributed by atoms with E-state index in [1.165, 1.54) is 327 Å². The smallest absolute Gasteiger partial charge is 0.462 e. The van der Waals surface area contributed by atoms with Gasteiger partial charge in [-0.3, -0.25) is 37.3 Å². The number of ether oxygens (including phenoxy) is 4. The van der Waals surface area contributed by atoms with Gasteiger partial charge in [0, 0.05) is 25.7 Å². The van der Waals surface area contributed by atoms with Gasteiger partial charge in [0.05, 0.1) is 26.4 Å². The molecule has 0 saturated carbocycles. The Morgan fingerprint density at radius 3 is 0.541 bits per heavy atom. The molecule has 19 heteroatoms. The zero-order valence-corrected chi connectivity index (χ0v) is 73.3. The summed E-state index contributed by atoms with van der Waals surface area (Å²) in [6.07, 6.45) is 80.6. The molecule has 648 valence electrons. The number of hydrogen-bond acceptors (Lipinski definition) is 15. The van der Waals surface area contributed by atoms with Gasteiger partial charge < -0.3 is 33.8 Å². The monoisotopic (exact) mass is 1590 g/mol. The Hall–Kier alpha value is -1.94. The summed E-state index contributed by atoms with van der Waals surface area (Å²) >= 11 is 0. The third kappa shape index (κ3) is 83.8. The van der Waals surface area contributed by atoms with Crippen molar-refractivity contribution in [3.8, 4) is 0 Å². The van der Waals surface area contributed by atoms with Crippen LogP contribution in [0.4, 0.5) is 0 Å². The molecule has 2 unspecified atom stereocenters. The number of phosphoric ester groups is 2. The molecule has 0 aromatic carbocycles. The number of carbonyl (C=O) groups excluding carboxylic acids is 4. The maximum atomic E-state index is 13.2. The van der Waals surface area contributed by atoms with E-state index in [2.05, 4.69) is 27.7 Å². The van der Waals surface area contributed by atoms with E-state index >= 15 is 0 Å². The summed E-state index contributed by atoms with van der Waals surface area (Å²) < 4.78 is 69.0. The van der Waals surface area contributed by atoms with Crippen molar-refractivity contribution in [2.75, 3.05) is 39.6 Å². The molecule has 0 fully saturated rings. The fourth-order valence-corrected chi connectivity index (χ4v) is 15.8. The second-order valence-electron chi connectivity index (χ2n) is 32.3. The number of esters is 4. The zero-order chi connectivity index (χ0) is 79.6. The molecule has 0 aliphatic heterocycles. The second-order valence-corrected chi connectivity index (χ2v) is 35.3. The number of aliphatic hydroxyl groups excluding tert-OH is 1. The van der Waals surface area contributed by atoms with E-state index in [-0.39, 0.29) is 25.7 Å². The van der Waals surface area contributed by atoms with Crippen molar-refractivity contribution in [2.24, 2.45) is 0 Å². The first-order valence-corrected chi connectivity index (χ1v) is 49.8. The Bertz CT molecular complexity index is 2050. The summed E-state index contributed by atoms with van der Waals surface area (Å²) in [5.41, 5.74) is 0. The lowest BCUT2D eigenvalue weighted by Crippen LogP contribution is -2.30. The standard InChI is InChI=1S/C90H176O17P2/c1-5-9-13-17-21-25-29-32-35-38-40-42-44-47-50-53-57-61-65-69-73-77-90(95)107-86(81-101-88(93)75-71-67-63-59-55-51-48-46-43-41-39-36-33-30-26-22-18-14-10-6-2)83-105-109(98,99)103-79-84(91)78-102-108(96,97)104-82-85(80-100-87(92)74-70-66-62-58-54-28-24-20-16-12-8-4)106-89(94)76-72-68-64-60-56-52-49-45-37-34-31-27-23-19-15-11-7-3/h84-86,91H,5-83H2,1-4H3,(H,96,97)(H,98,99)/t84-,85+,86+/m0/s1. The predicted octanol–water partition coefficient (Wildman–Crippen LogP) is 28.1. The predicted molar refractivity (Wildman–Crippen MR) is 451 cm³/mol. The van der Waals surface area contributed by atoms with E-state index in [9.17, 15) is 43.2 Å². The van der Waals surface area contributed by atoms with Gasteiger partial charge in [-0.05, 0) is 25.7 Å². The fourth-order valence-electron chi connectivity index (χ4n) is 14.2. The van der Waals surface area contributed by atoms with Crippen molar-refractivity contribution < 1.29 is 80.2 Å². The summed E-state index contributed by atoms with van der Waals surface area (Å²) in [6.45, 7) is 5.08. The van der Waals surface area contributed by atoms with Crippen molar-refractivity contribution in [1.82, 2.24) is 0 Å². The average Bonchev–Trinajstić information content (AvgIpc) is 0.880. The molecule has 0 aromatic heterocycles. The molecule has 0 saturated heterocycles. The molecule has 0 aliphatic carbocycles. The molecular formula is C90H176O17P2. The van der Waals surface area contributed by atoms with Gasteiger partial charge in [0.2, 0.25) is 0 Å². The van der Waals surface area contributed by atoms with Crippen molar-refractivity contribution in [1.29, 1.82) is 0 Å². The average molecular weight is 1590 g/mol. The minimum absolute atomic E-state index is 0.109. The Balaban J connectivity index is 5.23. The molecule has 0 amide bonds. The fraction of sp³-hybridized carbons (Fsp3) is 0.956. The van der Waals surface area contributed by atoms with Gasteiger partial charge in [0.1, 0.15) is 19.3 Å². The maximum Gasteiger partial charge on any atom is 0.472 e. The normalized spacial score (nSPS) is 13.6. The first-order valence-electron chi connectivity index (χ1n) is 46.8. The number of carbonyl (C=O) groups is 4. The van der Waals surface area contributed by atoms with Gasteiger partial charge in [-0.25, -0.2) is 9.13 Å². The van der Waals surface area contributed by atoms with Gasteiger partial charge in [0.25, 0.3) is 0 Å². The van der Waals surface area contributed by atoms with Crippen LogP contribution in [0.2, 0.25) is 0 Å². The van der Waals surface area contributed by atoms with Crippen molar-refractivity contribution in [3.05, 3.63) is 0 Å². The van der Waals surface area contributed by atoms with Crippen LogP contribution in [0.5, 0.6) is 0 Å². The Kier molecular flexibility index (Phi) is 82.5. The van der Waals surface area contributed by atoms with Gasteiger partial charge in [-0.15, -0.1) is 0 Å². The highest BCUT2D eigenvalue weighted by Gasteiger charge is 2.30. The Morgan fingerprint density at radius 2 is 0.367 bits per heavy atom. The molecule has 3 N–H and O–H groups in total. The Labute approximate surface area is 670 Å². The van der Waals surface area contributed by atoms with E-state index in [1.807, 2.05) is 0 Å². The number of rotatable bonds is 91. The summed E-state index contributed by atoms with van der Waals surface area (Å²) in [4.78, 5) is 73.4. The number of aliphatic hydroxyl groups is 1. The van der Waals surface area contributed by atoms with Crippen LogP contribution >= 0.6 is 15.6 Å². The molecule has 0 aliphatic rings. The van der Waals surface area contributed by atoms with Gasteiger partial charge in [-0.2, -0.15) is 0 Å². The minimum atomic E-state index is -4.97. The lowest BCUT2D eigenvalue weighted by Gasteiger charge is -2.21. The van der Waals surface area contributed by atoms with Gasteiger partial charge in [0.15, 0.2) is 12.2 Å². The van der Waals surface area contributed by atoms with Crippen LogP contribution in [-0.4, -0.2) is 96.7 Å². The molecule has 109 heavy (non-hydrogen) atoms. The van der Waals surface area contributed by atoms with Crippen molar-refractivity contribution >= 4 is 39.5 Å². The highest BCUT2D eigenvalue weighted by molar-refractivity contribution is 7.47. The van der Waals surface area contributed by atoms with E-state index in [4.69, 9.17) is 37.0 Å². The molecular weight excluding hydrogens is 1410 g/mol. The summed E-state index contributed by atoms with van der Waals surface area (Å²) in [5.74, 6) is -2.09. The zero-order valence-electron chi connectivity index (χ0n) is 71.5. The molecule has 0 spiro atoms. The molecule has 0 heterocycles. The maximum absolute atomic E-state index is 13.2. The number of unbranched alkanes of at least 4 members (excludes halogenated alkanes) is 65. The van der Waals surface area contributed by atoms with Crippen molar-refractivity contribution in [2.45, 2.75) is 515 Å². The van der Waals surface area contributed by atoms with E-state index in [1.54, 1.807) is 0 Å². The first-order chi connectivity index (χ1) is 53.2. The summed E-state index contributed by atoms with van der Waals surface area (Å²) in [7, 11) is -9.93. The summed E-state index contributed by atoms with van der Waals surface area (Å²) in [6, 6.07) is 0. The lowest BCUT2D eigenvalue weighted by atomic mass is 10.0. The van der Waals surface area contributed by atoms with Crippen LogP contribution in [0.25, 0.3) is 0 Å². The summed E-state index contributed by atoms with van der Waals surface area (Å²) in [5, 5.41) is 10.7. The molecule has 17 nitrogen and oxygen atoms in total. The molecule has 0 aromatic rings. The van der Waals surface area contributed by atoms with Crippen LogP contribution in [0, 0.1) is 0 Å². The van der Waals surface area contributed by atoms with Crippen LogP contribution in [0.3, 0.4) is 0 Å². The first kappa shape index (κ1) is 107. The van der Waals surface area contributed by atoms with Gasteiger partial charge in [-0.1, -0.05) is 445 Å². The molecule has 0 bridgehead atoms. The van der Waals surface area contributed by atoms with Crippen LogP contribution in [0.1, 0.15) is 496 Å². The van der Waals surface area contributed by atoms with Crippen LogP contribution in [0.15, 0.2) is 0 Å². The lowest BCUT2D eigenvalue weighted by molar-refractivity contribution is -0.161. The highest BCUT2D eigenvalue weighted by Crippen LogP contribution is 2.45. The topological polar surface area (TPSA) is 237 Å². The van der Waals surface area contributed by atoms with Crippen LogP contribution < -0.4 is 0 Å². The highest BCUT2D eigenvalue weighted by atomic mass is 31.2. The second kappa shape index (κ2) is 84.0. The van der Waals surface area contributed by atoms with Crippen molar-refractivity contribution in [3.63, 3.8) is 0 Å². The molecule has 0 radical (unpaired) electrons. The quantitative estimate of drug-likeness (QED) is 0.0222. The molecule has 5 atom stereocenters. The van der Waals surface area contributed by atoms with E-state index < -0.39 is 97.5 Å². The van der Waals surface area contributed by atoms with E-state index in [0.29, 0.717) is 25.7 Å². The third-order valence-electron chi connectivity index (χ3n) is 21.4. The van der Waals surface area contributed by atoms with E-state index in [0.717, 1.165) is 89.9 Å². The largest absolute Gasteiger partial charge is 0.472 e. The third-order valence-corrected chi connectivity index (χ3v) is 23.3. The number of hydrogen-bond donors (Lipinski definition) is 3. The minimum Gasteiger partial charge on any atom is -0.462 e. The Morgan fingerprint density at radius 1 is 0.220 bits per heavy atom. The number of phosphoric acid groups is 2.